The Hall–Kier alpha value is -2.32. The minimum Gasteiger partial charge on any atom is -0.469 e. The molecule has 0 saturated carbocycles. The molecule has 0 amide bonds. The molecule has 20 heavy (non-hydrogen) atoms. The third-order valence-electron chi connectivity index (χ3n) is 2.82. The van der Waals surface area contributed by atoms with Crippen LogP contribution in [0, 0.1) is 0 Å². The van der Waals surface area contributed by atoms with Crippen molar-refractivity contribution in [1.82, 2.24) is 20.6 Å². The number of nitrogens with one attached hydrogen (secondary N) is 1. The van der Waals surface area contributed by atoms with E-state index in [0.717, 1.165) is 5.56 Å². The summed E-state index contributed by atoms with van der Waals surface area (Å²) in [7, 11) is 1.22. The monoisotopic (exact) mass is 278 g/mol. The smallest absolute Gasteiger partial charge is 0.308 e. The largest absolute Gasteiger partial charge is 0.469 e. The summed E-state index contributed by atoms with van der Waals surface area (Å²) in [6.07, 6.45) is -2.67. The summed E-state index contributed by atoms with van der Waals surface area (Å²) in [5.41, 5.74) is 1.20. The van der Waals surface area contributed by atoms with Crippen molar-refractivity contribution in [3.8, 4) is 11.4 Å². The highest BCUT2D eigenvalue weighted by Gasteiger charge is 2.21. The van der Waals surface area contributed by atoms with Crippen LogP contribution in [0.1, 0.15) is 18.1 Å². The van der Waals surface area contributed by atoms with E-state index in [9.17, 15) is 15.0 Å². The molecule has 0 aliphatic rings. The normalized spacial score (nSPS) is 13.8. The number of carbonyl (C=O) groups excluding carboxylic acids is 1. The molecule has 1 aromatic carbocycles. The average Bonchev–Trinajstić information content (AvgIpc) is 3.00. The van der Waals surface area contributed by atoms with E-state index in [2.05, 4.69) is 25.4 Å². The second kappa shape index (κ2) is 6.22. The van der Waals surface area contributed by atoms with Crippen LogP contribution in [0.2, 0.25) is 0 Å². The Morgan fingerprint density at radius 2 is 2.05 bits per heavy atom. The van der Waals surface area contributed by atoms with Gasteiger partial charge in [0.05, 0.1) is 19.6 Å². The third kappa shape index (κ3) is 3.16. The zero-order valence-corrected chi connectivity index (χ0v) is 10.7. The van der Waals surface area contributed by atoms with Gasteiger partial charge in [-0.05, 0) is 10.8 Å². The number of methoxy groups -OCH3 is 1. The topological polar surface area (TPSA) is 121 Å². The van der Waals surface area contributed by atoms with Gasteiger partial charge in [-0.2, -0.15) is 5.21 Å². The van der Waals surface area contributed by atoms with Gasteiger partial charge in [0.2, 0.25) is 5.82 Å². The SMILES string of the molecule is COC(=O)CC(O)C(O)c1ccc(-c2nn[nH]n2)cc1. The maximum Gasteiger partial charge on any atom is 0.308 e. The quantitative estimate of drug-likeness (QED) is 0.649. The molecule has 0 aliphatic heterocycles. The number of aliphatic hydroxyl groups excluding tert-OH is 2. The second-order valence-electron chi connectivity index (χ2n) is 4.15. The summed E-state index contributed by atoms with van der Waals surface area (Å²) < 4.78 is 4.44. The van der Waals surface area contributed by atoms with Crippen molar-refractivity contribution in [2.24, 2.45) is 0 Å². The van der Waals surface area contributed by atoms with Crippen molar-refractivity contribution in [3.63, 3.8) is 0 Å². The number of aromatic amines is 1. The maximum atomic E-state index is 11.0. The molecule has 2 rings (SSSR count). The van der Waals surface area contributed by atoms with Crippen molar-refractivity contribution in [1.29, 1.82) is 0 Å². The minimum atomic E-state index is -1.22. The molecule has 2 atom stereocenters. The van der Waals surface area contributed by atoms with Crippen LogP contribution in [0.25, 0.3) is 11.4 Å². The number of esters is 1. The molecular weight excluding hydrogens is 264 g/mol. The first-order valence-corrected chi connectivity index (χ1v) is 5.88. The number of aromatic nitrogens is 4. The Morgan fingerprint density at radius 3 is 2.60 bits per heavy atom. The second-order valence-corrected chi connectivity index (χ2v) is 4.15. The number of H-pyrrole nitrogens is 1. The molecule has 0 fully saturated rings. The van der Waals surface area contributed by atoms with Crippen molar-refractivity contribution in [3.05, 3.63) is 29.8 Å². The summed E-state index contributed by atoms with van der Waals surface area (Å²) in [5.74, 6) is -0.152. The van der Waals surface area contributed by atoms with Gasteiger partial charge in [0, 0.05) is 5.56 Å². The van der Waals surface area contributed by atoms with Crippen molar-refractivity contribution in [2.45, 2.75) is 18.6 Å². The highest BCUT2D eigenvalue weighted by Crippen LogP contribution is 2.22. The van der Waals surface area contributed by atoms with Crippen LogP contribution in [0.4, 0.5) is 0 Å². The number of benzene rings is 1. The zero-order chi connectivity index (χ0) is 14.5. The first-order chi connectivity index (χ1) is 9.61. The summed E-state index contributed by atoms with van der Waals surface area (Å²) in [4.78, 5) is 11.0. The van der Waals surface area contributed by atoms with Gasteiger partial charge in [-0.25, -0.2) is 0 Å². The standard InChI is InChI=1S/C12H14N4O4/c1-20-10(18)6-9(17)11(19)7-2-4-8(5-3-7)12-13-15-16-14-12/h2-5,9,11,17,19H,6H2,1H3,(H,13,14,15,16). The molecule has 8 heteroatoms. The third-order valence-corrected chi connectivity index (χ3v) is 2.82. The fraction of sp³-hybridized carbons (Fsp3) is 0.333. The van der Waals surface area contributed by atoms with Crippen molar-refractivity contribution < 1.29 is 19.7 Å². The molecule has 0 saturated heterocycles. The number of ether oxygens (including phenoxy) is 1. The van der Waals surface area contributed by atoms with E-state index in [1.807, 2.05) is 0 Å². The van der Waals surface area contributed by atoms with Gasteiger partial charge >= 0.3 is 5.97 Å². The van der Waals surface area contributed by atoms with Crippen LogP contribution < -0.4 is 0 Å². The number of nitrogens with zero attached hydrogens (tertiary/aromatic N) is 3. The molecule has 3 N–H and O–H groups in total. The van der Waals surface area contributed by atoms with E-state index in [4.69, 9.17) is 0 Å². The zero-order valence-electron chi connectivity index (χ0n) is 10.7. The van der Waals surface area contributed by atoms with Gasteiger partial charge < -0.3 is 14.9 Å². The molecule has 2 aromatic rings. The van der Waals surface area contributed by atoms with Crippen LogP contribution in [0.3, 0.4) is 0 Å². The van der Waals surface area contributed by atoms with Crippen LogP contribution in [-0.2, 0) is 9.53 Å². The van der Waals surface area contributed by atoms with Crippen LogP contribution in [0.5, 0.6) is 0 Å². The van der Waals surface area contributed by atoms with E-state index in [0.29, 0.717) is 11.4 Å². The van der Waals surface area contributed by atoms with Gasteiger partial charge in [-0.3, -0.25) is 4.79 Å². The van der Waals surface area contributed by atoms with Gasteiger partial charge in [-0.1, -0.05) is 24.3 Å². The molecule has 0 aliphatic carbocycles. The first kappa shape index (κ1) is 14.1. The average molecular weight is 278 g/mol. The Kier molecular flexibility index (Phi) is 4.38. The van der Waals surface area contributed by atoms with Gasteiger partial charge in [-0.15, -0.1) is 10.2 Å². The number of tetrazole rings is 1. The first-order valence-electron chi connectivity index (χ1n) is 5.88. The summed E-state index contributed by atoms with van der Waals surface area (Å²) in [6.45, 7) is 0. The predicted molar refractivity (Wildman–Crippen MR) is 67.2 cm³/mol. The van der Waals surface area contributed by atoms with Crippen molar-refractivity contribution >= 4 is 5.97 Å². The Labute approximate surface area is 114 Å². The van der Waals surface area contributed by atoms with Crippen LogP contribution in [0.15, 0.2) is 24.3 Å². The molecule has 8 nitrogen and oxygen atoms in total. The van der Waals surface area contributed by atoms with Crippen LogP contribution >= 0.6 is 0 Å². The van der Waals surface area contributed by atoms with E-state index < -0.39 is 18.2 Å². The lowest BCUT2D eigenvalue weighted by molar-refractivity contribution is -0.144. The minimum absolute atomic E-state index is 0.274. The molecule has 106 valence electrons. The van der Waals surface area contributed by atoms with E-state index >= 15 is 0 Å². The summed E-state index contributed by atoms with van der Waals surface area (Å²) in [5, 5.41) is 33.1. The fourth-order valence-corrected chi connectivity index (χ4v) is 1.70. The van der Waals surface area contributed by atoms with Crippen molar-refractivity contribution in [2.75, 3.05) is 7.11 Å². The lowest BCUT2D eigenvalue weighted by atomic mass is 10.0. The predicted octanol–water partition coefficient (Wildman–Crippen LogP) is -0.176. The van der Waals surface area contributed by atoms with Gasteiger partial charge in [0.15, 0.2) is 0 Å². The number of aliphatic hydroxyl groups is 2. The molecule has 0 spiro atoms. The molecule has 1 aromatic heterocycles. The van der Waals surface area contributed by atoms with Gasteiger partial charge in [0.1, 0.15) is 6.10 Å². The molecule has 1 heterocycles. The number of hydrogen-bond donors (Lipinski definition) is 3. The fourth-order valence-electron chi connectivity index (χ4n) is 1.70. The van der Waals surface area contributed by atoms with E-state index in [-0.39, 0.29) is 6.42 Å². The number of rotatable bonds is 5. The molecule has 0 bridgehead atoms. The van der Waals surface area contributed by atoms with Gasteiger partial charge in [0.25, 0.3) is 0 Å². The highest BCUT2D eigenvalue weighted by atomic mass is 16.5. The molecule has 2 unspecified atom stereocenters. The Bertz CT molecular complexity index is 555. The summed E-state index contributed by atoms with van der Waals surface area (Å²) in [6, 6.07) is 6.62. The lowest BCUT2D eigenvalue weighted by Crippen LogP contribution is -2.22. The Morgan fingerprint density at radius 1 is 1.35 bits per heavy atom. The maximum absolute atomic E-state index is 11.0. The van der Waals surface area contributed by atoms with Crippen LogP contribution in [-0.4, -0.2) is 50.0 Å². The Balaban J connectivity index is 2.07. The lowest BCUT2D eigenvalue weighted by Gasteiger charge is -2.17. The molecular formula is C12H14N4O4. The number of hydrogen-bond acceptors (Lipinski definition) is 7. The molecule has 0 radical (unpaired) electrons. The summed E-state index contributed by atoms with van der Waals surface area (Å²) >= 11 is 0. The van der Waals surface area contributed by atoms with E-state index in [1.54, 1.807) is 24.3 Å². The van der Waals surface area contributed by atoms with E-state index in [1.165, 1.54) is 7.11 Å². The highest BCUT2D eigenvalue weighted by molar-refractivity contribution is 5.69. The number of carbonyl (C=O) groups is 1.